The number of nitrogens with zero attached hydrogens (tertiary/aromatic N) is 4. The molecule has 5 heterocycles. The fraction of sp³-hybridized carbons (Fsp3) is 0.385. The number of Topliss-reactive ketones (excluding diaryl/α,β-unsaturated/α-hetero) is 1. The molecule has 0 unspecified atom stereocenters. The molecule has 0 N–H and O–H groups in total. The first kappa shape index (κ1) is 34.6. The van der Waals surface area contributed by atoms with Crippen molar-refractivity contribution in [3.63, 3.8) is 0 Å². The molecular weight excluding hydrogens is 597 g/mol. The summed E-state index contributed by atoms with van der Waals surface area (Å²) in [6.45, 7) is 20.7. The van der Waals surface area contributed by atoms with Gasteiger partial charge in [0.15, 0.2) is 5.78 Å². The second-order valence-electron chi connectivity index (χ2n) is 13.1. The molecular formula is C39H42MgN4O3-2. The van der Waals surface area contributed by atoms with Crippen molar-refractivity contribution in [2.45, 2.75) is 74.7 Å². The van der Waals surface area contributed by atoms with Gasteiger partial charge in [-0.25, -0.2) is 0 Å². The van der Waals surface area contributed by atoms with Gasteiger partial charge in [-0.3, -0.25) is 9.59 Å². The fourth-order valence-electron chi connectivity index (χ4n) is 7.17. The van der Waals surface area contributed by atoms with Gasteiger partial charge < -0.3 is 25.0 Å². The molecule has 1 aliphatic carbocycles. The summed E-state index contributed by atoms with van der Waals surface area (Å²) < 4.78 is 5.50. The molecule has 6 rings (SSSR count). The van der Waals surface area contributed by atoms with E-state index in [1.165, 1.54) is 0 Å². The standard InChI is InChI=1S/C39H43N4O3.Mg/c1-10-25-20(5)28-16-30-22(7)27(12-13-34(44)46-15-14-19(3)4)37(42-30)35-24(9)39(45)36-23(8)31(43-38(35)36)18-33-26(11-2)21(6)29(41-33)17-32(25)40-28;/h10,14,16-18,22,24,27H,1,11-13,15H2,2-9H3,(H-,42,43,45);/q-3;+2/p-1/b29-17-,30-16-,33-18-;/t22-,24+,27-;/m0./s1. The minimum absolute atomic E-state index is 0. The molecule has 0 spiro atoms. The minimum Gasteiger partial charge on any atom is -0.664 e. The molecule has 0 radical (unpaired) electrons. The normalized spacial score (nSPS) is 23.4. The van der Waals surface area contributed by atoms with E-state index in [9.17, 15) is 9.59 Å². The van der Waals surface area contributed by atoms with Crippen LogP contribution in [0.4, 0.5) is 0 Å². The van der Waals surface area contributed by atoms with Crippen LogP contribution in [-0.4, -0.2) is 41.4 Å². The third-order valence-corrected chi connectivity index (χ3v) is 9.98. The Hall–Kier alpha value is -3.75. The molecule has 7 nitrogen and oxygen atoms in total. The Morgan fingerprint density at radius 1 is 0.957 bits per heavy atom. The van der Waals surface area contributed by atoms with Crippen LogP contribution in [0.5, 0.6) is 0 Å². The zero-order valence-electron chi connectivity index (χ0n) is 28.9. The number of esters is 1. The SMILES string of the molecule is C=Cc1c2[n-]c(c1C)/C=C1\[N-]/C(=C3\c4[n-]c(c(C)c4C(=O)[C@@H]3C)/C=c3\[n-]/c(c(C)c3CC)=C\2)[C@@H](CCC(=O)OCC=C(C)C)[C@@H]1C.[Mg+2]. The van der Waals surface area contributed by atoms with Crippen LogP contribution < -0.4 is 25.7 Å². The van der Waals surface area contributed by atoms with Gasteiger partial charge in [0, 0.05) is 17.9 Å². The van der Waals surface area contributed by atoms with E-state index in [1.54, 1.807) is 0 Å². The third kappa shape index (κ3) is 5.95. The van der Waals surface area contributed by atoms with Gasteiger partial charge in [-0.1, -0.05) is 85.1 Å². The van der Waals surface area contributed by atoms with E-state index in [0.29, 0.717) is 17.7 Å². The molecule has 3 atom stereocenters. The Balaban J connectivity index is 0.00000433. The first-order valence-corrected chi connectivity index (χ1v) is 16.3. The number of fused-ring (bicyclic) bond motifs is 7. The zero-order valence-corrected chi connectivity index (χ0v) is 30.3. The van der Waals surface area contributed by atoms with Crippen molar-refractivity contribution in [3.05, 3.63) is 102 Å². The summed E-state index contributed by atoms with van der Waals surface area (Å²) in [5.74, 6) is -0.666. The molecule has 0 amide bonds. The van der Waals surface area contributed by atoms with Gasteiger partial charge in [0.2, 0.25) is 0 Å². The largest absolute Gasteiger partial charge is 2.00 e. The maximum atomic E-state index is 13.9. The Morgan fingerprint density at radius 3 is 2.34 bits per heavy atom. The molecule has 0 aromatic carbocycles. The van der Waals surface area contributed by atoms with Gasteiger partial charge in [0.1, 0.15) is 6.61 Å². The molecule has 1 saturated heterocycles. The first-order chi connectivity index (χ1) is 21.9. The number of hydrogen-bond donors (Lipinski definition) is 0. The molecule has 3 aliphatic rings. The van der Waals surface area contributed by atoms with Crippen LogP contribution in [0.25, 0.3) is 35.2 Å². The second-order valence-corrected chi connectivity index (χ2v) is 13.1. The number of hydrogen-bond acceptors (Lipinski definition) is 3. The minimum atomic E-state index is -0.383. The number of ketones is 1. The molecule has 1 fully saturated rings. The Labute approximate surface area is 293 Å². The van der Waals surface area contributed by atoms with Gasteiger partial charge in [-0.15, -0.1) is 33.5 Å². The molecule has 3 aromatic rings. The number of carbonyl (C=O) groups is 2. The van der Waals surface area contributed by atoms with Crippen LogP contribution >= 0.6 is 0 Å². The summed E-state index contributed by atoms with van der Waals surface area (Å²) in [7, 11) is 0. The molecule has 0 saturated carbocycles. The molecule has 3 aromatic heterocycles. The molecule has 47 heavy (non-hydrogen) atoms. The number of ether oxygens (including phenoxy) is 1. The average molecular weight is 639 g/mol. The van der Waals surface area contributed by atoms with Crippen molar-refractivity contribution in [1.82, 2.24) is 15.0 Å². The summed E-state index contributed by atoms with van der Waals surface area (Å²) in [5, 5.41) is 6.98. The number of rotatable bonds is 7. The van der Waals surface area contributed by atoms with Crippen molar-refractivity contribution < 1.29 is 14.3 Å². The summed E-state index contributed by atoms with van der Waals surface area (Å²) in [6.07, 6.45) is 11.5. The van der Waals surface area contributed by atoms with Crippen molar-refractivity contribution in [1.29, 1.82) is 0 Å². The molecule has 2 aliphatic heterocycles. The summed E-state index contributed by atoms with van der Waals surface area (Å²) in [5.41, 5.74) is 12.6. The van der Waals surface area contributed by atoms with Crippen LogP contribution in [-0.2, 0) is 16.0 Å². The van der Waals surface area contributed by atoms with E-state index in [2.05, 4.69) is 40.3 Å². The Morgan fingerprint density at radius 2 is 1.66 bits per heavy atom. The Kier molecular flexibility index (Phi) is 9.86. The smallest absolute Gasteiger partial charge is 0.664 e. The summed E-state index contributed by atoms with van der Waals surface area (Å²) >= 11 is 0. The van der Waals surface area contributed by atoms with Crippen LogP contribution in [0.3, 0.4) is 0 Å². The van der Waals surface area contributed by atoms with Crippen LogP contribution in [0, 0.1) is 38.5 Å². The maximum absolute atomic E-state index is 13.9. The molecule has 8 heteroatoms. The Bertz CT molecular complexity index is 2010. The van der Waals surface area contributed by atoms with Crippen LogP contribution in [0.2, 0.25) is 0 Å². The predicted octanol–water partition coefficient (Wildman–Crippen LogP) is 5.79. The van der Waals surface area contributed by atoms with Gasteiger partial charge >= 0.3 is 29.0 Å². The predicted molar refractivity (Wildman–Crippen MR) is 189 cm³/mol. The molecule has 8 bridgehead atoms. The topological polar surface area (TPSA) is 99.8 Å². The van der Waals surface area contributed by atoms with Crippen LogP contribution in [0.15, 0.2) is 29.6 Å². The van der Waals surface area contributed by atoms with Crippen molar-refractivity contribution >= 4 is 64.7 Å². The van der Waals surface area contributed by atoms with Gasteiger partial charge in [0.05, 0.1) is 0 Å². The molecule has 240 valence electrons. The summed E-state index contributed by atoms with van der Waals surface area (Å²) in [6, 6.07) is 0. The summed E-state index contributed by atoms with van der Waals surface area (Å²) in [4.78, 5) is 41.9. The van der Waals surface area contributed by atoms with Crippen molar-refractivity contribution in [2.24, 2.45) is 17.8 Å². The fourth-order valence-corrected chi connectivity index (χ4v) is 7.17. The van der Waals surface area contributed by atoms with Gasteiger partial charge in [-0.2, -0.15) is 11.4 Å². The number of aromatic nitrogens is 3. The average Bonchev–Trinajstić information content (AvgIpc) is 3.73. The van der Waals surface area contributed by atoms with Crippen LogP contribution in [0.1, 0.15) is 108 Å². The van der Waals surface area contributed by atoms with E-state index in [-0.39, 0.29) is 65.6 Å². The van der Waals surface area contributed by atoms with Gasteiger partial charge in [0.25, 0.3) is 0 Å². The van der Waals surface area contributed by atoms with Crippen molar-refractivity contribution in [3.8, 4) is 0 Å². The van der Waals surface area contributed by atoms with E-state index in [1.807, 2.05) is 52.0 Å². The monoisotopic (exact) mass is 638 g/mol. The van der Waals surface area contributed by atoms with E-state index in [0.717, 1.165) is 84.6 Å². The van der Waals surface area contributed by atoms with E-state index >= 15 is 0 Å². The van der Waals surface area contributed by atoms with E-state index in [4.69, 9.17) is 25.0 Å². The van der Waals surface area contributed by atoms with E-state index < -0.39 is 0 Å². The first-order valence-electron chi connectivity index (χ1n) is 16.3. The van der Waals surface area contributed by atoms with Gasteiger partial charge in [-0.05, 0) is 70.9 Å². The van der Waals surface area contributed by atoms with Crippen molar-refractivity contribution in [2.75, 3.05) is 6.61 Å². The second kappa shape index (κ2) is 13.4. The third-order valence-electron chi connectivity index (χ3n) is 9.98. The number of allylic oxidation sites excluding steroid dienone is 4. The number of carbonyl (C=O) groups excluding carboxylic acids is 2. The zero-order chi connectivity index (χ0) is 33.0. The quantitative estimate of drug-likeness (QED) is 0.184. The maximum Gasteiger partial charge on any atom is 2.00 e.